The third-order valence-corrected chi connectivity index (χ3v) is 2.70. The molecule has 2 rings (SSSR count). The number of hydrogen-bond donors (Lipinski definition) is 1. The maximum Gasteiger partial charge on any atom is 0.307 e. The maximum atomic E-state index is 13.0. The number of methoxy groups -OCH3 is 1. The van der Waals surface area contributed by atoms with E-state index in [0.717, 1.165) is 0 Å². The Morgan fingerprint density at radius 2 is 2.33 bits per heavy atom. The van der Waals surface area contributed by atoms with Crippen LogP contribution in [0.15, 0.2) is 18.2 Å². The average Bonchev–Trinajstić information content (AvgIpc) is 2.97. The number of carboxylic acid groups (broad SMARTS) is 1. The van der Waals surface area contributed by atoms with Crippen LogP contribution < -0.4 is 4.74 Å². The fourth-order valence-corrected chi connectivity index (χ4v) is 1.81. The lowest BCUT2D eigenvalue weighted by Gasteiger charge is -2.07. The minimum Gasteiger partial charge on any atom is -0.496 e. The summed E-state index contributed by atoms with van der Waals surface area (Å²) in [7, 11) is 1.49. The zero-order chi connectivity index (χ0) is 11.0. The highest BCUT2D eigenvalue weighted by Crippen LogP contribution is 2.50. The molecule has 2 unspecified atom stereocenters. The minimum absolute atomic E-state index is 0.104. The summed E-state index contributed by atoms with van der Waals surface area (Å²) >= 11 is 0. The second-order valence-corrected chi connectivity index (χ2v) is 3.67. The van der Waals surface area contributed by atoms with E-state index in [0.29, 0.717) is 17.7 Å². The van der Waals surface area contributed by atoms with E-state index in [1.807, 2.05) is 0 Å². The van der Waals surface area contributed by atoms with Crippen molar-refractivity contribution >= 4 is 5.97 Å². The first-order chi connectivity index (χ1) is 7.13. The van der Waals surface area contributed by atoms with E-state index >= 15 is 0 Å². The van der Waals surface area contributed by atoms with Crippen LogP contribution in [0, 0.1) is 11.7 Å². The molecule has 2 atom stereocenters. The molecule has 1 aromatic carbocycles. The summed E-state index contributed by atoms with van der Waals surface area (Å²) in [4.78, 5) is 10.7. The van der Waals surface area contributed by atoms with Gasteiger partial charge in [-0.05, 0) is 24.6 Å². The molecule has 0 aromatic heterocycles. The summed E-state index contributed by atoms with van der Waals surface area (Å²) in [6.07, 6.45) is 0.565. The largest absolute Gasteiger partial charge is 0.496 e. The molecular weight excluding hydrogens is 199 g/mol. The first kappa shape index (κ1) is 9.96. The monoisotopic (exact) mass is 210 g/mol. The van der Waals surface area contributed by atoms with Crippen molar-refractivity contribution in [3.63, 3.8) is 0 Å². The van der Waals surface area contributed by atoms with Gasteiger partial charge >= 0.3 is 5.97 Å². The molecule has 0 spiro atoms. The SMILES string of the molecule is COc1ccc(F)cc1C1CC1C(=O)O. The number of aliphatic carboxylic acids is 1. The maximum absolute atomic E-state index is 13.0. The van der Waals surface area contributed by atoms with Crippen molar-refractivity contribution in [2.24, 2.45) is 5.92 Å². The number of carboxylic acids is 1. The molecular formula is C11H11FO3. The molecule has 3 nitrogen and oxygen atoms in total. The van der Waals surface area contributed by atoms with Crippen LogP contribution in [0.3, 0.4) is 0 Å². The molecule has 1 aromatic rings. The zero-order valence-corrected chi connectivity index (χ0v) is 8.24. The van der Waals surface area contributed by atoms with Crippen LogP contribution in [0.4, 0.5) is 4.39 Å². The first-order valence-corrected chi connectivity index (χ1v) is 4.69. The van der Waals surface area contributed by atoms with E-state index in [2.05, 4.69) is 0 Å². The van der Waals surface area contributed by atoms with Crippen LogP contribution in [0.5, 0.6) is 5.75 Å². The molecule has 0 amide bonds. The number of hydrogen-bond acceptors (Lipinski definition) is 2. The fraction of sp³-hybridized carbons (Fsp3) is 0.364. The molecule has 4 heteroatoms. The Labute approximate surface area is 86.5 Å². The lowest BCUT2D eigenvalue weighted by Crippen LogP contribution is -2.00. The standard InChI is InChI=1S/C11H11FO3/c1-15-10-3-2-6(12)4-8(10)7-5-9(7)11(13)14/h2-4,7,9H,5H2,1H3,(H,13,14). The van der Waals surface area contributed by atoms with E-state index in [1.54, 1.807) is 0 Å². The summed E-state index contributed by atoms with van der Waals surface area (Å²) in [6, 6.07) is 4.19. The molecule has 1 aliphatic carbocycles. The molecule has 0 bridgehead atoms. The van der Waals surface area contributed by atoms with Gasteiger partial charge in [0.1, 0.15) is 11.6 Å². The van der Waals surface area contributed by atoms with E-state index < -0.39 is 5.97 Å². The highest BCUT2D eigenvalue weighted by atomic mass is 19.1. The summed E-state index contributed by atoms with van der Waals surface area (Å²) < 4.78 is 18.1. The van der Waals surface area contributed by atoms with Gasteiger partial charge in [-0.25, -0.2) is 4.39 Å². The van der Waals surface area contributed by atoms with Crippen LogP contribution in [-0.4, -0.2) is 18.2 Å². The smallest absolute Gasteiger partial charge is 0.307 e. The topological polar surface area (TPSA) is 46.5 Å². The van der Waals surface area contributed by atoms with Crippen molar-refractivity contribution in [1.29, 1.82) is 0 Å². The van der Waals surface area contributed by atoms with Crippen molar-refractivity contribution in [2.75, 3.05) is 7.11 Å². The Morgan fingerprint density at radius 1 is 1.60 bits per heavy atom. The quantitative estimate of drug-likeness (QED) is 0.830. The Kier molecular flexibility index (Phi) is 2.34. The molecule has 0 saturated heterocycles. The predicted octanol–water partition coefficient (Wildman–Crippen LogP) is 2.02. The van der Waals surface area contributed by atoms with Gasteiger partial charge in [-0.1, -0.05) is 0 Å². The average molecular weight is 210 g/mol. The highest BCUT2D eigenvalue weighted by Gasteiger charge is 2.45. The van der Waals surface area contributed by atoms with Crippen LogP contribution >= 0.6 is 0 Å². The van der Waals surface area contributed by atoms with Crippen LogP contribution in [0.25, 0.3) is 0 Å². The predicted molar refractivity (Wildman–Crippen MR) is 51.4 cm³/mol. The van der Waals surface area contributed by atoms with Crippen LogP contribution in [-0.2, 0) is 4.79 Å². The lowest BCUT2D eigenvalue weighted by atomic mass is 10.1. The Hall–Kier alpha value is -1.58. The van der Waals surface area contributed by atoms with Gasteiger partial charge in [0.05, 0.1) is 13.0 Å². The second kappa shape index (κ2) is 3.53. The molecule has 0 aliphatic heterocycles. The number of ether oxygens (including phenoxy) is 1. The number of rotatable bonds is 3. The van der Waals surface area contributed by atoms with Gasteiger partial charge in [0.25, 0.3) is 0 Å². The normalized spacial score (nSPS) is 23.6. The van der Waals surface area contributed by atoms with Gasteiger partial charge < -0.3 is 9.84 Å². The molecule has 80 valence electrons. The van der Waals surface area contributed by atoms with Crippen LogP contribution in [0.1, 0.15) is 17.9 Å². The van der Waals surface area contributed by atoms with Gasteiger partial charge in [0, 0.05) is 11.5 Å². The zero-order valence-electron chi connectivity index (χ0n) is 8.24. The molecule has 1 aliphatic rings. The van der Waals surface area contributed by atoms with Gasteiger partial charge in [0.15, 0.2) is 0 Å². The van der Waals surface area contributed by atoms with Crippen molar-refractivity contribution in [3.05, 3.63) is 29.6 Å². The number of halogens is 1. The summed E-state index contributed by atoms with van der Waals surface area (Å²) in [6.45, 7) is 0. The number of carbonyl (C=O) groups is 1. The van der Waals surface area contributed by atoms with E-state index in [1.165, 1.54) is 25.3 Å². The van der Waals surface area contributed by atoms with Crippen molar-refractivity contribution in [2.45, 2.75) is 12.3 Å². The van der Waals surface area contributed by atoms with Gasteiger partial charge in [0.2, 0.25) is 0 Å². The number of benzene rings is 1. The van der Waals surface area contributed by atoms with E-state index in [-0.39, 0.29) is 17.7 Å². The molecule has 1 N–H and O–H groups in total. The van der Waals surface area contributed by atoms with E-state index in [4.69, 9.17) is 9.84 Å². The molecule has 1 saturated carbocycles. The fourth-order valence-electron chi connectivity index (χ4n) is 1.81. The highest BCUT2D eigenvalue weighted by molar-refractivity contribution is 5.75. The Balaban J connectivity index is 2.28. The van der Waals surface area contributed by atoms with Gasteiger partial charge in [-0.3, -0.25) is 4.79 Å². The Morgan fingerprint density at radius 3 is 2.87 bits per heavy atom. The Bertz CT molecular complexity index is 403. The van der Waals surface area contributed by atoms with Gasteiger partial charge in [-0.2, -0.15) is 0 Å². The van der Waals surface area contributed by atoms with Crippen molar-refractivity contribution < 1.29 is 19.0 Å². The third kappa shape index (κ3) is 1.79. The first-order valence-electron chi connectivity index (χ1n) is 4.69. The van der Waals surface area contributed by atoms with Crippen molar-refractivity contribution in [1.82, 2.24) is 0 Å². The third-order valence-electron chi connectivity index (χ3n) is 2.70. The lowest BCUT2D eigenvalue weighted by molar-refractivity contribution is -0.138. The van der Waals surface area contributed by atoms with Crippen molar-refractivity contribution in [3.8, 4) is 5.75 Å². The van der Waals surface area contributed by atoms with Gasteiger partial charge in [-0.15, -0.1) is 0 Å². The molecule has 0 heterocycles. The summed E-state index contributed by atoms with van der Waals surface area (Å²) in [5.74, 6) is -1.12. The molecule has 0 radical (unpaired) electrons. The van der Waals surface area contributed by atoms with E-state index in [9.17, 15) is 9.18 Å². The molecule has 15 heavy (non-hydrogen) atoms. The molecule has 1 fully saturated rings. The summed E-state index contributed by atoms with van der Waals surface area (Å²) in [5, 5.41) is 8.78. The van der Waals surface area contributed by atoms with Crippen LogP contribution in [0.2, 0.25) is 0 Å². The summed E-state index contributed by atoms with van der Waals surface area (Å²) in [5.41, 5.74) is 0.657. The minimum atomic E-state index is -0.827. The second-order valence-electron chi connectivity index (χ2n) is 3.67.